The van der Waals surface area contributed by atoms with E-state index >= 15 is 0 Å². The Balaban J connectivity index is 1.84. The summed E-state index contributed by atoms with van der Waals surface area (Å²) in [5, 5.41) is 9.70. The van der Waals surface area contributed by atoms with Crippen molar-refractivity contribution < 1.29 is 5.21 Å². The largest absolute Gasteiger partial charge is 0.399 e. The molecule has 94 valence electrons. The predicted molar refractivity (Wildman–Crippen MR) is 73.6 cm³/mol. The lowest BCUT2D eigenvalue weighted by molar-refractivity contribution is -0.0342. The van der Waals surface area contributed by atoms with Crippen LogP contribution in [0.15, 0.2) is 59.5 Å². The van der Waals surface area contributed by atoms with Crippen molar-refractivity contribution in [1.29, 1.82) is 0 Å². The van der Waals surface area contributed by atoms with Gasteiger partial charge in [-0.3, -0.25) is 5.21 Å². The van der Waals surface area contributed by atoms with Crippen LogP contribution in [0, 0.1) is 0 Å². The summed E-state index contributed by atoms with van der Waals surface area (Å²) in [6, 6.07) is 17.2. The molecule has 0 spiro atoms. The van der Waals surface area contributed by atoms with Crippen LogP contribution < -0.4 is 11.2 Å². The van der Waals surface area contributed by atoms with Gasteiger partial charge in [0.05, 0.1) is 0 Å². The van der Waals surface area contributed by atoms with Crippen LogP contribution in [0.5, 0.6) is 0 Å². The van der Waals surface area contributed by atoms with Crippen LogP contribution in [0.1, 0.15) is 5.56 Å². The van der Waals surface area contributed by atoms with Gasteiger partial charge in [0.15, 0.2) is 0 Å². The van der Waals surface area contributed by atoms with E-state index < -0.39 is 0 Å². The fourth-order valence-electron chi connectivity index (χ4n) is 1.46. The fraction of sp³-hybridized carbons (Fsp3) is 0.0769. The molecule has 0 atom stereocenters. The molecule has 0 fully saturated rings. The lowest BCUT2D eigenvalue weighted by Crippen LogP contribution is -2.28. The van der Waals surface area contributed by atoms with Gasteiger partial charge in [0, 0.05) is 29.1 Å². The van der Waals surface area contributed by atoms with Crippen molar-refractivity contribution in [2.75, 3.05) is 5.73 Å². The van der Waals surface area contributed by atoms with Crippen LogP contribution in [0.25, 0.3) is 0 Å². The van der Waals surface area contributed by atoms with Gasteiger partial charge in [-0.1, -0.05) is 41.0 Å². The molecule has 0 amide bonds. The molecule has 4 nitrogen and oxygen atoms in total. The molecule has 0 radical (unpaired) electrons. The van der Waals surface area contributed by atoms with E-state index in [2.05, 4.69) is 5.43 Å². The van der Waals surface area contributed by atoms with E-state index in [9.17, 15) is 5.21 Å². The molecule has 2 rings (SSSR count). The van der Waals surface area contributed by atoms with Crippen molar-refractivity contribution in [2.45, 2.75) is 11.4 Å². The van der Waals surface area contributed by atoms with Crippen LogP contribution in [0.4, 0.5) is 5.69 Å². The molecule has 2 aromatic rings. The Bertz CT molecular complexity index is 493. The molecule has 5 heteroatoms. The standard InChI is InChI=1S/C13H15N3OS/c14-12-7-4-8-13(9-12)18-16(17)15-10-11-5-2-1-3-6-11/h1-9,15,17H,10,14H2. The topological polar surface area (TPSA) is 61.5 Å². The van der Waals surface area contributed by atoms with Gasteiger partial charge in [-0.05, 0) is 23.8 Å². The molecule has 0 aliphatic carbocycles. The van der Waals surface area contributed by atoms with Gasteiger partial charge in [-0.15, -0.1) is 0 Å². The predicted octanol–water partition coefficient (Wildman–Crippen LogP) is 2.67. The number of rotatable bonds is 5. The fourth-order valence-corrected chi connectivity index (χ4v) is 2.12. The normalized spacial score (nSPS) is 10.8. The van der Waals surface area contributed by atoms with Crippen molar-refractivity contribution >= 4 is 17.6 Å². The van der Waals surface area contributed by atoms with E-state index in [-0.39, 0.29) is 0 Å². The second kappa shape index (κ2) is 6.42. The Hall–Kier alpha value is -1.53. The highest BCUT2D eigenvalue weighted by Crippen LogP contribution is 2.21. The first kappa shape index (κ1) is 12.9. The molecule has 18 heavy (non-hydrogen) atoms. The number of nitrogens with one attached hydrogen (secondary N) is 1. The summed E-state index contributed by atoms with van der Waals surface area (Å²) < 4.78 is 0.988. The smallest absolute Gasteiger partial charge is 0.0384 e. The number of nitrogens with zero attached hydrogens (tertiary/aromatic N) is 1. The number of hydrazine groups is 1. The van der Waals surface area contributed by atoms with Gasteiger partial charge < -0.3 is 5.73 Å². The summed E-state index contributed by atoms with van der Waals surface area (Å²) in [6.45, 7) is 0.562. The van der Waals surface area contributed by atoms with Gasteiger partial charge >= 0.3 is 0 Å². The van der Waals surface area contributed by atoms with Crippen molar-refractivity contribution in [3.05, 3.63) is 60.2 Å². The Kier molecular flexibility index (Phi) is 4.60. The van der Waals surface area contributed by atoms with Crippen LogP contribution in [0.2, 0.25) is 0 Å². The summed E-state index contributed by atoms with van der Waals surface area (Å²) in [5.74, 6) is 0. The van der Waals surface area contributed by atoms with E-state index in [0.717, 1.165) is 15.0 Å². The Morgan fingerprint density at radius 3 is 2.61 bits per heavy atom. The zero-order valence-electron chi connectivity index (χ0n) is 9.78. The Morgan fingerprint density at radius 1 is 1.11 bits per heavy atom. The van der Waals surface area contributed by atoms with Gasteiger partial charge in [-0.2, -0.15) is 0 Å². The minimum Gasteiger partial charge on any atom is -0.399 e. The maximum atomic E-state index is 9.70. The van der Waals surface area contributed by atoms with Gasteiger partial charge in [0.25, 0.3) is 0 Å². The molecular weight excluding hydrogens is 246 g/mol. The molecule has 0 unspecified atom stereocenters. The summed E-state index contributed by atoms with van der Waals surface area (Å²) in [6.07, 6.45) is 0. The van der Waals surface area contributed by atoms with E-state index in [1.165, 1.54) is 11.9 Å². The zero-order chi connectivity index (χ0) is 12.8. The van der Waals surface area contributed by atoms with E-state index in [1.54, 1.807) is 6.07 Å². The second-order valence-corrected chi connectivity index (χ2v) is 4.76. The van der Waals surface area contributed by atoms with Crippen LogP contribution in [-0.2, 0) is 6.54 Å². The van der Waals surface area contributed by atoms with Crippen molar-refractivity contribution in [1.82, 2.24) is 10.0 Å². The quantitative estimate of drug-likeness (QED) is 0.439. The number of benzene rings is 2. The first-order chi connectivity index (χ1) is 8.74. The highest BCUT2D eigenvalue weighted by atomic mass is 32.2. The van der Waals surface area contributed by atoms with Crippen molar-refractivity contribution in [2.24, 2.45) is 0 Å². The molecule has 4 N–H and O–H groups in total. The minimum atomic E-state index is 0.562. The molecule has 0 saturated carbocycles. The van der Waals surface area contributed by atoms with Gasteiger partial charge in [0.2, 0.25) is 0 Å². The highest BCUT2D eigenvalue weighted by molar-refractivity contribution is 7.96. The monoisotopic (exact) mass is 261 g/mol. The second-order valence-electron chi connectivity index (χ2n) is 3.76. The number of anilines is 1. The Labute approximate surface area is 110 Å². The first-order valence-electron chi connectivity index (χ1n) is 5.54. The van der Waals surface area contributed by atoms with E-state index in [1.807, 2.05) is 48.5 Å². The maximum Gasteiger partial charge on any atom is 0.0384 e. The molecule has 0 aliphatic heterocycles. The average molecular weight is 261 g/mol. The van der Waals surface area contributed by atoms with E-state index in [4.69, 9.17) is 5.73 Å². The molecule has 2 aromatic carbocycles. The molecule has 0 aliphatic rings. The maximum absolute atomic E-state index is 9.70. The summed E-state index contributed by atoms with van der Waals surface area (Å²) in [5.41, 5.74) is 10.3. The van der Waals surface area contributed by atoms with Crippen molar-refractivity contribution in [3.63, 3.8) is 0 Å². The number of nitrogens with two attached hydrogens (primary N) is 1. The summed E-state index contributed by atoms with van der Waals surface area (Å²) in [7, 11) is 0. The third kappa shape index (κ3) is 4.05. The highest BCUT2D eigenvalue weighted by Gasteiger charge is 2.03. The van der Waals surface area contributed by atoms with Gasteiger partial charge in [0.1, 0.15) is 0 Å². The zero-order valence-corrected chi connectivity index (χ0v) is 10.6. The van der Waals surface area contributed by atoms with Crippen LogP contribution in [-0.4, -0.2) is 9.78 Å². The van der Waals surface area contributed by atoms with Crippen molar-refractivity contribution in [3.8, 4) is 0 Å². The lowest BCUT2D eigenvalue weighted by Gasteiger charge is -2.14. The lowest BCUT2D eigenvalue weighted by atomic mass is 10.2. The first-order valence-corrected chi connectivity index (χ1v) is 6.31. The molecule has 0 heterocycles. The summed E-state index contributed by atoms with van der Waals surface area (Å²) >= 11 is 1.17. The third-order valence-electron chi connectivity index (χ3n) is 2.31. The number of hydrogen-bond donors (Lipinski definition) is 3. The molecule has 0 aromatic heterocycles. The third-order valence-corrected chi connectivity index (χ3v) is 3.08. The minimum absolute atomic E-state index is 0.562. The SMILES string of the molecule is Nc1cccc(SN(O)NCc2ccccc2)c1. The van der Waals surface area contributed by atoms with Crippen LogP contribution in [0.3, 0.4) is 0 Å². The number of hydrogen-bond acceptors (Lipinski definition) is 5. The summed E-state index contributed by atoms with van der Waals surface area (Å²) in [4.78, 5) is 0.873. The molecule has 0 saturated heterocycles. The number of nitrogen functional groups attached to an aromatic ring is 1. The molecular formula is C13H15N3OS. The molecule has 0 bridgehead atoms. The van der Waals surface area contributed by atoms with Crippen LogP contribution >= 0.6 is 11.9 Å². The Morgan fingerprint density at radius 2 is 1.89 bits per heavy atom. The van der Waals surface area contributed by atoms with Gasteiger partial charge in [-0.25, -0.2) is 5.43 Å². The van der Waals surface area contributed by atoms with E-state index in [0.29, 0.717) is 12.2 Å². The average Bonchev–Trinajstić information content (AvgIpc) is 2.38.